The van der Waals surface area contributed by atoms with Gasteiger partial charge in [-0.3, -0.25) is 4.98 Å². The summed E-state index contributed by atoms with van der Waals surface area (Å²) in [6.07, 6.45) is 1.93. The molecule has 0 aliphatic heterocycles. The first-order chi connectivity index (χ1) is 24.5. The lowest BCUT2D eigenvalue weighted by Gasteiger charge is -2.24. The summed E-state index contributed by atoms with van der Waals surface area (Å²) in [5.74, 6) is 0. The molecule has 51 heavy (non-hydrogen) atoms. The molecule has 0 bridgehead atoms. The molecule has 0 unspecified atom stereocenters. The highest BCUT2D eigenvalue weighted by Gasteiger charge is 2.38. The number of hydrogen-bond donors (Lipinski definition) is 0. The van der Waals surface area contributed by atoms with E-state index < -0.39 is 0 Å². The van der Waals surface area contributed by atoms with E-state index in [0.717, 1.165) is 11.3 Å². The van der Waals surface area contributed by atoms with Gasteiger partial charge in [0.05, 0.1) is 5.69 Å². The van der Waals surface area contributed by atoms with Crippen molar-refractivity contribution in [3.05, 3.63) is 173 Å². The Bertz CT molecular complexity index is 2610. The molecule has 1 nitrogen and oxygen atoms in total. The SMILES string of the molecule is CC1(C)c2ccccc2-c2ccc(-c3ccc4c(c3)C(C)(C)c3cc(-c5ncccc5-c5ccc6c(c5)C(C)(C)c5ccccc5-6)ccc3-4)cc21. The van der Waals surface area contributed by atoms with Crippen molar-refractivity contribution in [1.82, 2.24) is 4.98 Å². The molecule has 7 aromatic rings. The summed E-state index contributed by atoms with van der Waals surface area (Å²) in [6, 6.07) is 50.2. The quantitative estimate of drug-likeness (QED) is 0.185. The summed E-state index contributed by atoms with van der Waals surface area (Å²) in [5, 5.41) is 0. The standard InChI is InChI=1S/C50H41N/c1-48(2)41-15-9-7-12-35(41)37-21-17-30(26-43(37)48)31-18-22-39-40-24-20-33(29-46(40)50(5,6)44(39)27-31)47-34(14-11-25-51-47)32-19-23-38-36-13-8-10-16-42(36)49(3,4)45(38)28-32/h7-29H,1-6H3. The minimum absolute atomic E-state index is 0.0180. The van der Waals surface area contributed by atoms with E-state index in [1.165, 1.54) is 89.0 Å². The fraction of sp³-hybridized carbons (Fsp3) is 0.180. The van der Waals surface area contributed by atoms with Crippen molar-refractivity contribution in [3.63, 3.8) is 0 Å². The van der Waals surface area contributed by atoms with Crippen LogP contribution < -0.4 is 0 Å². The van der Waals surface area contributed by atoms with Gasteiger partial charge in [-0.1, -0.05) is 145 Å². The van der Waals surface area contributed by atoms with Gasteiger partial charge in [0.25, 0.3) is 0 Å². The van der Waals surface area contributed by atoms with Gasteiger partial charge >= 0.3 is 0 Å². The number of hydrogen-bond acceptors (Lipinski definition) is 1. The van der Waals surface area contributed by atoms with Crippen LogP contribution in [0.25, 0.3) is 66.9 Å². The van der Waals surface area contributed by atoms with Crippen molar-refractivity contribution in [2.45, 2.75) is 57.8 Å². The van der Waals surface area contributed by atoms with Gasteiger partial charge in [0.15, 0.2) is 0 Å². The topological polar surface area (TPSA) is 12.9 Å². The average molecular weight is 656 g/mol. The van der Waals surface area contributed by atoms with Gasteiger partial charge in [0.2, 0.25) is 0 Å². The Kier molecular flexibility index (Phi) is 6.10. The van der Waals surface area contributed by atoms with E-state index in [1.807, 2.05) is 6.20 Å². The summed E-state index contributed by atoms with van der Waals surface area (Å²) < 4.78 is 0. The number of aromatic nitrogens is 1. The molecule has 1 heteroatoms. The Morgan fingerprint density at radius 1 is 0.314 bits per heavy atom. The molecule has 3 aliphatic carbocycles. The van der Waals surface area contributed by atoms with Crippen LogP contribution in [0.2, 0.25) is 0 Å². The molecule has 0 saturated heterocycles. The van der Waals surface area contributed by atoms with Crippen LogP contribution in [0.1, 0.15) is 74.9 Å². The van der Waals surface area contributed by atoms with Gasteiger partial charge in [-0.05, 0) is 114 Å². The predicted molar refractivity (Wildman–Crippen MR) is 213 cm³/mol. The van der Waals surface area contributed by atoms with Crippen LogP contribution in [0.3, 0.4) is 0 Å². The van der Waals surface area contributed by atoms with Crippen molar-refractivity contribution in [2.75, 3.05) is 0 Å². The lowest BCUT2D eigenvalue weighted by atomic mass is 9.80. The third-order valence-electron chi connectivity index (χ3n) is 12.6. The first-order valence-corrected chi connectivity index (χ1v) is 18.3. The molecular formula is C50H41N. The zero-order valence-electron chi connectivity index (χ0n) is 30.2. The number of nitrogens with zero attached hydrogens (tertiary/aromatic N) is 1. The highest BCUT2D eigenvalue weighted by molar-refractivity contribution is 5.90. The number of rotatable bonds is 3. The maximum absolute atomic E-state index is 5.03. The minimum Gasteiger partial charge on any atom is -0.256 e. The Hall–Kier alpha value is -5.53. The second kappa shape index (κ2) is 10.3. The number of fused-ring (bicyclic) bond motifs is 9. The molecular weight excluding hydrogens is 615 g/mol. The summed E-state index contributed by atoms with van der Waals surface area (Å²) in [5.41, 5.74) is 23.4. The van der Waals surface area contributed by atoms with E-state index in [9.17, 15) is 0 Å². The average Bonchev–Trinajstić information content (AvgIpc) is 3.63. The Morgan fingerprint density at radius 2 is 0.667 bits per heavy atom. The van der Waals surface area contributed by atoms with Gasteiger partial charge in [0.1, 0.15) is 0 Å². The second-order valence-electron chi connectivity index (χ2n) is 16.4. The molecule has 0 saturated carbocycles. The van der Waals surface area contributed by atoms with Crippen LogP contribution >= 0.6 is 0 Å². The van der Waals surface area contributed by atoms with Crippen LogP contribution in [-0.4, -0.2) is 4.98 Å². The third kappa shape index (κ3) is 4.12. The van der Waals surface area contributed by atoms with E-state index in [4.69, 9.17) is 4.98 Å². The molecule has 0 N–H and O–H groups in total. The molecule has 3 aliphatic rings. The lowest BCUT2D eigenvalue weighted by molar-refractivity contribution is 0.659. The Morgan fingerprint density at radius 3 is 1.18 bits per heavy atom. The van der Waals surface area contributed by atoms with Crippen LogP contribution in [0.5, 0.6) is 0 Å². The fourth-order valence-electron chi connectivity index (χ4n) is 9.69. The summed E-state index contributed by atoms with van der Waals surface area (Å²) >= 11 is 0. The van der Waals surface area contributed by atoms with Crippen molar-refractivity contribution in [3.8, 4) is 66.9 Å². The maximum atomic E-state index is 5.03. The van der Waals surface area contributed by atoms with Crippen molar-refractivity contribution in [2.24, 2.45) is 0 Å². The lowest BCUT2D eigenvalue weighted by Crippen LogP contribution is -2.15. The Balaban J connectivity index is 1.03. The first-order valence-electron chi connectivity index (χ1n) is 18.3. The molecule has 0 atom stereocenters. The smallest absolute Gasteiger partial charge is 0.0780 e. The van der Waals surface area contributed by atoms with Crippen LogP contribution in [0, 0.1) is 0 Å². The van der Waals surface area contributed by atoms with Crippen LogP contribution in [-0.2, 0) is 16.2 Å². The van der Waals surface area contributed by atoms with Gasteiger partial charge in [-0.25, -0.2) is 0 Å². The maximum Gasteiger partial charge on any atom is 0.0780 e. The van der Waals surface area contributed by atoms with Crippen molar-refractivity contribution >= 4 is 0 Å². The largest absolute Gasteiger partial charge is 0.256 e. The van der Waals surface area contributed by atoms with Crippen molar-refractivity contribution < 1.29 is 0 Å². The highest BCUT2D eigenvalue weighted by atomic mass is 14.7. The normalized spacial score (nSPS) is 16.1. The number of benzene rings is 6. The second-order valence-corrected chi connectivity index (χ2v) is 16.4. The van der Waals surface area contributed by atoms with E-state index in [0.29, 0.717) is 0 Å². The minimum atomic E-state index is -0.152. The molecule has 246 valence electrons. The van der Waals surface area contributed by atoms with Gasteiger partial charge in [-0.2, -0.15) is 0 Å². The van der Waals surface area contributed by atoms with Crippen LogP contribution in [0.15, 0.2) is 140 Å². The zero-order chi connectivity index (χ0) is 34.9. The zero-order valence-corrected chi connectivity index (χ0v) is 30.2. The van der Waals surface area contributed by atoms with E-state index in [1.54, 1.807) is 0 Å². The molecule has 0 spiro atoms. The Labute approximate surface area is 301 Å². The molecule has 0 radical (unpaired) electrons. The van der Waals surface area contributed by atoms with Gasteiger partial charge in [0, 0.05) is 33.6 Å². The highest BCUT2D eigenvalue weighted by Crippen LogP contribution is 2.54. The molecule has 1 heterocycles. The summed E-state index contributed by atoms with van der Waals surface area (Å²) in [6.45, 7) is 14.2. The molecule has 0 fully saturated rings. The van der Waals surface area contributed by atoms with Gasteiger partial charge in [-0.15, -0.1) is 0 Å². The van der Waals surface area contributed by atoms with Crippen molar-refractivity contribution in [1.29, 1.82) is 0 Å². The third-order valence-corrected chi connectivity index (χ3v) is 12.6. The molecule has 10 rings (SSSR count). The van der Waals surface area contributed by atoms with E-state index in [-0.39, 0.29) is 16.2 Å². The summed E-state index contributed by atoms with van der Waals surface area (Å²) in [4.78, 5) is 5.03. The fourth-order valence-corrected chi connectivity index (χ4v) is 9.69. The molecule has 1 aromatic heterocycles. The molecule has 0 amide bonds. The predicted octanol–water partition coefficient (Wildman–Crippen LogP) is 13.0. The monoisotopic (exact) mass is 655 g/mol. The number of pyridine rings is 1. The van der Waals surface area contributed by atoms with Gasteiger partial charge < -0.3 is 0 Å². The van der Waals surface area contributed by atoms with E-state index in [2.05, 4.69) is 175 Å². The van der Waals surface area contributed by atoms with Crippen LogP contribution in [0.4, 0.5) is 0 Å². The summed E-state index contributed by atoms with van der Waals surface area (Å²) in [7, 11) is 0. The molecule has 6 aromatic carbocycles. The van der Waals surface area contributed by atoms with E-state index >= 15 is 0 Å². The first kappa shape index (κ1) is 30.3.